The highest BCUT2D eigenvalue weighted by Crippen LogP contribution is 2.30. The third-order valence-electron chi connectivity index (χ3n) is 5.01. The number of benzene rings is 2. The molecule has 0 radical (unpaired) electrons. The van der Waals surface area contributed by atoms with Crippen LogP contribution < -0.4 is 0 Å². The second kappa shape index (κ2) is 6.45. The van der Waals surface area contributed by atoms with Crippen molar-refractivity contribution in [1.82, 2.24) is 9.88 Å². The maximum Gasteiger partial charge on any atom is 0.253 e. The van der Waals surface area contributed by atoms with Crippen molar-refractivity contribution in [2.24, 2.45) is 0 Å². The number of fused-ring (bicyclic) bond motifs is 1. The Morgan fingerprint density at radius 2 is 1.88 bits per heavy atom. The van der Waals surface area contributed by atoms with Crippen LogP contribution in [0.1, 0.15) is 40.4 Å². The zero-order valence-corrected chi connectivity index (χ0v) is 13.9. The fourth-order valence-electron chi connectivity index (χ4n) is 3.61. The lowest BCUT2D eigenvalue weighted by Crippen LogP contribution is -2.38. The molecule has 0 bridgehead atoms. The first-order valence-electron chi connectivity index (χ1n) is 8.62. The van der Waals surface area contributed by atoms with E-state index in [1.807, 2.05) is 11.0 Å². The molecular weight excluding hydrogens is 310 g/mol. The predicted molar refractivity (Wildman–Crippen MR) is 97.3 cm³/mol. The van der Waals surface area contributed by atoms with Crippen molar-refractivity contribution >= 4 is 16.8 Å². The molecule has 0 aliphatic carbocycles. The molecule has 0 saturated carbocycles. The van der Waals surface area contributed by atoms with E-state index < -0.39 is 0 Å². The van der Waals surface area contributed by atoms with E-state index in [4.69, 9.17) is 5.26 Å². The van der Waals surface area contributed by atoms with Crippen LogP contribution in [-0.4, -0.2) is 28.9 Å². The second-order valence-corrected chi connectivity index (χ2v) is 6.57. The summed E-state index contributed by atoms with van der Waals surface area (Å²) in [5.41, 5.74) is 3.56. The molecule has 1 amide bonds. The number of piperidine rings is 1. The van der Waals surface area contributed by atoms with E-state index in [0.717, 1.165) is 25.9 Å². The number of carbonyl (C=O) groups excluding carboxylic acids is 1. The zero-order valence-electron chi connectivity index (χ0n) is 13.9. The van der Waals surface area contributed by atoms with E-state index in [1.54, 1.807) is 24.3 Å². The van der Waals surface area contributed by atoms with Gasteiger partial charge in [-0.25, -0.2) is 0 Å². The maximum absolute atomic E-state index is 12.7. The monoisotopic (exact) mass is 329 g/mol. The normalized spacial score (nSPS) is 15.2. The van der Waals surface area contributed by atoms with Crippen molar-refractivity contribution in [2.45, 2.75) is 18.8 Å². The van der Waals surface area contributed by atoms with Gasteiger partial charge in [0.05, 0.1) is 11.6 Å². The van der Waals surface area contributed by atoms with E-state index in [1.165, 1.54) is 16.6 Å². The molecule has 0 atom stereocenters. The molecule has 1 fully saturated rings. The number of nitrogens with zero attached hydrogens (tertiary/aromatic N) is 2. The molecule has 4 nitrogen and oxygen atoms in total. The van der Waals surface area contributed by atoms with Crippen LogP contribution in [0.4, 0.5) is 0 Å². The van der Waals surface area contributed by atoms with Gasteiger partial charge in [0.15, 0.2) is 0 Å². The van der Waals surface area contributed by atoms with Gasteiger partial charge < -0.3 is 9.88 Å². The quantitative estimate of drug-likeness (QED) is 0.771. The highest BCUT2D eigenvalue weighted by Gasteiger charge is 2.25. The summed E-state index contributed by atoms with van der Waals surface area (Å²) in [6, 6.07) is 19.6. The number of carbonyl (C=O) groups is 1. The molecule has 1 aliphatic rings. The lowest BCUT2D eigenvalue weighted by molar-refractivity contribution is 0.0712. The van der Waals surface area contributed by atoms with Crippen LogP contribution in [0.2, 0.25) is 0 Å². The van der Waals surface area contributed by atoms with E-state index in [0.29, 0.717) is 17.0 Å². The molecule has 1 aromatic heterocycles. The highest BCUT2D eigenvalue weighted by atomic mass is 16.2. The summed E-state index contributed by atoms with van der Waals surface area (Å²) in [5.74, 6) is 0.481. The molecule has 1 saturated heterocycles. The fraction of sp³-hybridized carbons (Fsp3) is 0.238. The van der Waals surface area contributed by atoms with Gasteiger partial charge in [0, 0.05) is 35.8 Å². The number of rotatable bonds is 2. The number of amides is 1. The third kappa shape index (κ3) is 3.01. The van der Waals surface area contributed by atoms with E-state index in [-0.39, 0.29) is 5.91 Å². The van der Waals surface area contributed by atoms with Crippen LogP contribution in [0.25, 0.3) is 10.9 Å². The molecule has 0 spiro atoms. The predicted octanol–water partition coefficient (Wildman–Crippen LogP) is 4.06. The molecule has 4 heteroatoms. The lowest BCUT2D eigenvalue weighted by atomic mass is 9.93. The Morgan fingerprint density at radius 3 is 2.64 bits per heavy atom. The molecule has 3 aromatic rings. The number of likely N-dealkylation sites (tertiary alicyclic amines) is 1. The third-order valence-corrected chi connectivity index (χ3v) is 5.01. The first kappa shape index (κ1) is 15.5. The van der Waals surface area contributed by atoms with Crippen molar-refractivity contribution in [1.29, 1.82) is 5.26 Å². The summed E-state index contributed by atoms with van der Waals surface area (Å²) in [5, 5.41) is 10.2. The number of hydrogen-bond acceptors (Lipinski definition) is 2. The van der Waals surface area contributed by atoms with Crippen molar-refractivity contribution in [3.8, 4) is 6.07 Å². The van der Waals surface area contributed by atoms with E-state index in [9.17, 15) is 4.79 Å². The molecule has 2 heterocycles. The van der Waals surface area contributed by atoms with Gasteiger partial charge in [0.25, 0.3) is 5.91 Å². The first-order valence-corrected chi connectivity index (χ1v) is 8.62. The standard InChI is InChI=1S/C21H19N3O/c22-14-15-4-3-6-18(12-15)21(25)24-10-8-16(9-11-24)20-13-17-5-1-2-7-19(17)23-20/h1-7,12-13,16,23H,8-11H2. The lowest BCUT2D eigenvalue weighted by Gasteiger charge is -2.31. The Balaban J connectivity index is 1.45. The first-order chi connectivity index (χ1) is 12.2. The number of para-hydroxylation sites is 1. The molecule has 25 heavy (non-hydrogen) atoms. The topological polar surface area (TPSA) is 59.9 Å². The van der Waals surface area contributed by atoms with Gasteiger partial charge in [-0.3, -0.25) is 4.79 Å². The molecule has 0 unspecified atom stereocenters. The number of nitriles is 1. The van der Waals surface area contributed by atoms with E-state index >= 15 is 0 Å². The largest absolute Gasteiger partial charge is 0.358 e. The average Bonchev–Trinajstić information content (AvgIpc) is 3.12. The van der Waals surface area contributed by atoms with Gasteiger partial charge in [0.1, 0.15) is 0 Å². The minimum atomic E-state index is 0.0206. The zero-order chi connectivity index (χ0) is 17.2. The fourth-order valence-corrected chi connectivity index (χ4v) is 3.61. The molecular formula is C21H19N3O. The number of H-pyrrole nitrogens is 1. The van der Waals surface area contributed by atoms with Gasteiger partial charge in [0.2, 0.25) is 0 Å². The van der Waals surface area contributed by atoms with Crippen molar-refractivity contribution in [3.63, 3.8) is 0 Å². The van der Waals surface area contributed by atoms with Crippen LogP contribution in [0.3, 0.4) is 0 Å². The van der Waals surface area contributed by atoms with Gasteiger partial charge in [-0.15, -0.1) is 0 Å². The summed E-state index contributed by atoms with van der Waals surface area (Å²) in [6.07, 6.45) is 1.91. The summed E-state index contributed by atoms with van der Waals surface area (Å²) in [7, 11) is 0. The van der Waals surface area contributed by atoms with Crippen LogP contribution in [0, 0.1) is 11.3 Å². The van der Waals surface area contributed by atoms with Gasteiger partial charge in [-0.1, -0.05) is 24.3 Å². The SMILES string of the molecule is N#Cc1cccc(C(=O)N2CCC(c3cc4ccccc4[nH]3)CC2)c1. The smallest absolute Gasteiger partial charge is 0.253 e. The van der Waals surface area contributed by atoms with Gasteiger partial charge in [-0.05, 0) is 48.6 Å². The minimum absolute atomic E-state index is 0.0206. The molecule has 1 aliphatic heterocycles. The number of aromatic nitrogens is 1. The summed E-state index contributed by atoms with van der Waals surface area (Å²) >= 11 is 0. The van der Waals surface area contributed by atoms with Crippen LogP contribution >= 0.6 is 0 Å². The summed E-state index contributed by atoms with van der Waals surface area (Å²) in [4.78, 5) is 18.1. The minimum Gasteiger partial charge on any atom is -0.358 e. The Bertz CT molecular complexity index is 925. The second-order valence-electron chi connectivity index (χ2n) is 6.57. The number of aromatic amines is 1. The Kier molecular flexibility index (Phi) is 3.99. The van der Waals surface area contributed by atoms with Crippen LogP contribution in [-0.2, 0) is 0 Å². The molecule has 124 valence electrons. The Labute approximate surface area is 146 Å². The van der Waals surface area contributed by atoms with Crippen molar-refractivity contribution < 1.29 is 4.79 Å². The number of nitrogens with one attached hydrogen (secondary N) is 1. The molecule has 2 aromatic carbocycles. The van der Waals surface area contributed by atoms with E-state index in [2.05, 4.69) is 35.3 Å². The van der Waals surface area contributed by atoms with Crippen LogP contribution in [0.5, 0.6) is 0 Å². The van der Waals surface area contributed by atoms with Gasteiger partial charge in [-0.2, -0.15) is 5.26 Å². The van der Waals surface area contributed by atoms with Crippen molar-refractivity contribution in [3.05, 3.63) is 71.4 Å². The van der Waals surface area contributed by atoms with Crippen LogP contribution in [0.15, 0.2) is 54.6 Å². The Hall–Kier alpha value is -3.06. The Morgan fingerprint density at radius 1 is 1.08 bits per heavy atom. The average molecular weight is 329 g/mol. The maximum atomic E-state index is 12.7. The summed E-state index contributed by atoms with van der Waals surface area (Å²) < 4.78 is 0. The highest BCUT2D eigenvalue weighted by molar-refractivity contribution is 5.94. The van der Waals surface area contributed by atoms with Gasteiger partial charge >= 0.3 is 0 Å². The molecule has 1 N–H and O–H groups in total. The van der Waals surface area contributed by atoms with Crippen molar-refractivity contribution in [2.75, 3.05) is 13.1 Å². The number of hydrogen-bond donors (Lipinski definition) is 1. The molecule has 4 rings (SSSR count). The summed E-state index contributed by atoms with van der Waals surface area (Å²) in [6.45, 7) is 1.49.